The van der Waals surface area contributed by atoms with Gasteiger partial charge >= 0.3 is 0 Å². The van der Waals surface area contributed by atoms with Crippen LogP contribution in [0.5, 0.6) is 11.5 Å². The Bertz CT molecular complexity index is 752. The van der Waals surface area contributed by atoms with Crippen LogP contribution in [0.15, 0.2) is 17.7 Å². The lowest BCUT2D eigenvalue weighted by Crippen LogP contribution is -2.32. The molecular formula is C21H27ClN2O4. The van der Waals surface area contributed by atoms with E-state index in [0.29, 0.717) is 41.8 Å². The number of carbonyl (C=O) groups excluding carboxylic acids is 1. The van der Waals surface area contributed by atoms with Gasteiger partial charge in [-0.3, -0.25) is 4.79 Å². The van der Waals surface area contributed by atoms with Crippen LogP contribution in [0, 0.1) is 11.3 Å². The molecule has 1 fully saturated rings. The minimum Gasteiger partial charge on any atom is -0.490 e. The molecule has 1 aromatic carbocycles. The Hall–Kier alpha value is -2.23. The van der Waals surface area contributed by atoms with E-state index in [1.54, 1.807) is 12.1 Å². The zero-order valence-corrected chi connectivity index (χ0v) is 17.3. The Balaban J connectivity index is 2.21. The summed E-state index contributed by atoms with van der Waals surface area (Å²) in [6.07, 6.45) is 4.22. The molecule has 2 rings (SSSR count). The van der Waals surface area contributed by atoms with E-state index >= 15 is 0 Å². The zero-order chi connectivity index (χ0) is 20.5. The summed E-state index contributed by atoms with van der Waals surface area (Å²) in [6.45, 7) is 7.38. The first-order valence-corrected chi connectivity index (χ1v) is 10.0. The number of amides is 1. The van der Waals surface area contributed by atoms with Crippen molar-refractivity contribution in [2.45, 2.75) is 52.2 Å². The van der Waals surface area contributed by atoms with Crippen molar-refractivity contribution in [1.29, 1.82) is 5.26 Å². The van der Waals surface area contributed by atoms with Crippen LogP contribution in [0.25, 0.3) is 6.08 Å². The maximum Gasteiger partial charge on any atom is 0.262 e. The standard InChI is InChI=1S/C21H27ClN2O4/c1-4-14(3)28-20-18(22)10-15(11-19(20)26-5-2)9-16(12-23)21(25)24-13-17-7-6-8-27-17/h9-11,14,17H,4-8,13H2,1-3H3,(H,24,25)/b16-9-/t14-,17+/m1/s1. The summed E-state index contributed by atoms with van der Waals surface area (Å²) >= 11 is 6.39. The zero-order valence-electron chi connectivity index (χ0n) is 16.6. The van der Waals surface area contributed by atoms with Crippen LogP contribution in [0.3, 0.4) is 0 Å². The molecule has 0 saturated carbocycles. The topological polar surface area (TPSA) is 80.6 Å². The molecule has 7 heteroatoms. The molecule has 2 atom stereocenters. The van der Waals surface area contributed by atoms with Crippen molar-refractivity contribution < 1.29 is 19.0 Å². The molecule has 6 nitrogen and oxygen atoms in total. The number of nitrogens with one attached hydrogen (secondary N) is 1. The second-order valence-corrected chi connectivity index (χ2v) is 7.02. The smallest absolute Gasteiger partial charge is 0.262 e. The molecule has 1 N–H and O–H groups in total. The highest BCUT2D eigenvalue weighted by Gasteiger charge is 2.19. The first-order valence-electron chi connectivity index (χ1n) is 9.63. The summed E-state index contributed by atoms with van der Waals surface area (Å²) in [5.74, 6) is 0.516. The van der Waals surface area contributed by atoms with Crippen LogP contribution in [0.1, 0.15) is 45.6 Å². The van der Waals surface area contributed by atoms with Gasteiger partial charge in [0.25, 0.3) is 5.91 Å². The maximum atomic E-state index is 12.3. The quantitative estimate of drug-likeness (QED) is 0.493. The molecule has 0 unspecified atom stereocenters. The Morgan fingerprint density at radius 3 is 2.89 bits per heavy atom. The van der Waals surface area contributed by atoms with Gasteiger partial charge in [0.05, 0.1) is 23.8 Å². The summed E-state index contributed by atoms with van der Waals surface area (Å²) < 4.78 is 17.0. The number of hydrogen-bond donors (Lipinski definition) is 1. The fourth-order valence-electron chi connectivity index (χ4n) is 2.76. The van der Waals surface area contributed by atoms with Crippen LogP contribution < -0.4 is 14.8 Å². The molecule has 1 aliphatic rings. The van der Waals surface area contributed by atoms with Crippen molar-refractivity contribution in [2.24, 2.45) is 0 Å². The molecule has 0 aromatic heterocycles. The van der Waals surface area contributed by atoms with Crippen molar-refractivity contribution in [1.82, 2.24) is 5.32 Å². The highest BCUT2D eigenvalue weighted by Crippen LogP contribution is 2.38. The number of benzene rings is 1. The number of rotatable bonds is 9. The lowest BCUT2D eigenvalue weighted by atomic mass is 10.1. The van der Waals surface area contributed by atoms with Crippen LogP contribution in [-0.2, 0) is 9.53 Å². The fraction of sp³-hybridized carbons (Fsp3) is 0.524. The largest absolute Gasteiger partial charge is 0.490 e. The van der Waals surface area contributed by atoms with E-state index in [4.69, 9.17) is 25.8 Å². The van der Waals surface area contributed by atoms with Crippen LogP contribution in [0.2, 0.25) is 5.02 Å². The molecule has 152 valence electrons. The minimum atomic E-state index is -0.438. The molecule has 1 amide bonds. The third-order valence-electron chi connectivity index (χ3n) is 4.42. The van der Waals surface area contributed by atoms with Gasteiger partial charge in [-0.25, -0.2) is 0 Å². The second-order valence-electron chi connectivity index (χ2n) is 6.61. The third-order valence-corrected chi connectivity index (χ3v) is 4.70. The molecule has 1 saturated heterocycles. The second kappa shape index (κ2) is 10.9. The van der Waals surface area contributed by atoms with Gasteiger partial charge in [0, 0.05) is 13.2 Å². The van der Waals surface area contributed by atoms with E-state index < -0.39 is 5.91 Å². The van der Waals surface area contributed by atoms with E-state index in [1.807, 2.05) is 26.8 Å². The Labute approximate surface area is 171 Å². The Morgan fingerprint density at radius 2 is 2.29 bits per heavy atom. The van der Waals surface area contributed by atoms with Crippen molar-refractivity contribution in [3.63, 3.8) is 0 Å². The number of hydrogen-bond acceptors (Lipinski definition) is 5. The fourth-order valence-corrected chi connectivity index (χ4v) is 3.02. The van der Waals surface area contributed by atoms with E-state index in [-0.39, 0.29) is 17.8 Å². The van der Waals surface area contributed by atoms with Gasteiger partial charge in [-0.1, -0.05) is 18.5 Å². The van der Waals surface area contributed by atoms with Gasteiger partial charge in [0.15, 0.2) is 11.5 Å². The Morgan fingerprint density at radius 1 is 1.50 bits per heavy atom. The SMILES string of the molecule is CCOc1cc(/C=C(/C#N)C(=O)NC[C@@H]2CCCO2)cc(Cl)c1O[C@H](C)CC. The maximum absolute atomic E-state index is 12.3. The summed E-state index contributed by atoms with van der Waals surface area (Å²) in [6, 6.07) is 5.32. The first kappa shape index (κ1) is 22.1. The van der Waals surface area contributed by atoms with Crippen molar-refractivity contribution in [3.05, 3.63) is 28.3 Å². The summed E-state index contributed by atoms with van der Waals surface area (Å²) in [4.78, 5) is 12.3. The van der Waals surface area contributed by atoms with Crippen LogP contribution in [-0.4, -0.2) is 37.9 Å². The molecule has 1 aliphatic heterocycles. The van der Waals surface area contributed by atoms with Crippen molar-refractivity contribution >= 4 is 23.6 Å². The number of nitrogens with zero attached hydrogens (tertiary/aromatic N) is 1. The van der Waals surface area contributed by atoms with Gasteiger partial charge < -0.3 is 19.5 Å². The number of halogens is 1. The van der Waals surface area contributed by atoms with E-state index in [9.17, 15) is 10.1 Å². The molecule has 0 radical (unpaired) electrons. The lowest BCUT2D eigenvalue weighted by molar-refractivity contribution is -0.117. The summed E-state index contributed by atoms with van der Waals surface area (Å²) in [7, 11) is 0. The molecular weight excluding hydrogens is 380 g/mol. The third kappa shape index (κ3) is 6.15. The molecule has 1 heterocycles. The lowest BCUT2D eigenvalue weighted by Gasteiger charge is -2.18. The summed E-state index contributed by atoms with van der Waals surface area (Å²) in [5.41, 5.74) is 0.584. The number of carbonyl (C=O) groups is 1. The molecule has 0 spiro atoms. The predicted molar refractivity (Wildman–Crippen MR) is 109 cm³/mol. The van der Waals surface area contributed by atoms with Gasteiger partial charge in [0.1, 0.15) is 11.6 Å². The molecule has 0 aliphatic carbocycles. The van der Waals surface area contributed by atoms with Crippen LogP contribution in [0.4, 0.5) is 0 Å². The average molecular weight is 407 g/mol. The predicted octanol–water partition coefficient (Wildman–Crippen LogP) is 4.12. The molecule has 28 heavy (non-hydrogen) atoms. The number of ether oxygens (including phenoxy) is 3. The molecule has 1 aromatic rings. The van der Waals surface area contributed by atoms with Crippen molar-refractivity contribution in [2.75, 3.05) is 19.8 Å². The molecule has 0 bridgehead atoms. The van der Waals surface area contributed by atoms with Crippen LogP contribution >= 0.6 is 11.6 Å². The normalized spacial score (nSPS) is 17.7. The highest BCUT2D eigenvalue weighted by atomic mass is 35.5. The highest BCUT2D eigenvalue weighted by molar-refractivity contribution is 6.32. The van der Waals surface area contributed by atoms with Crippen molar-refractivity contribution in [3.8, 4) is 17.6 Å². The first-order chi connectivity index (χ1) is 13.5. The van der Waals surface area contributed by atoms with Gasteiger partial charge in [-0.15, -0.1) is 0 Å². The van der Waals surface area contributed by atoms with E-state index in [2.05, 4.69) is 5.32 Å². The Kier molecular flexibility index (Phi) is 8.62. The van der Waals surface area contributed by atoms with E-state index in [0.717, 1.165) is 19.3 Å². The van der Waals surface area contributed by atoms with Gasteiger partial charge in [0.2, 0.25) is 0 Å². The van der Waals surface area contributed by atoms with Gasteiger partial charge in [-0.05, 0) is 56.9 Å². The average Bonchev–Trinajstić information content (AvgIpc) is 3.20. The minimum absolute atomic E-state index is 0.00731. The monoisotopic (exact) mass is 406 g/mol. The summed E-state index contributed by atoms with van der Waals surface area (Å²) in [5, 5.41) is 12.5. The number of nitriles is 1. The van der Waals surface area contributed by atoms with Gasteiger partial charge in [-0.2, -0.15) is 5.26 Å². The van der Waals surface area contributed by atoms with E-state index in [1.165, 1.54) is 6.08 Å².